The van der Waals surface area contributed by atoms with Crippen LogP contribution in [0.25, 0.3) is 0 Å². The van der Waals surface area contributed by atoms with Crippen LogP contribution in [0.5, 0.6) is 0 Å². The minimum absolute atomic E-state index is 0.510. The molecule has 2 rings (SSSR count). The Hall–Kier alpha value is -0.440. The Bertz CT molecular complexity index is 406. The van der Waals surface area contributed by atoms with Gasteiger partial charge in [0.25, 0.3) is 0 Å². The van der Waals surface area contributed by atoms with Gasteiger partial charge >= 0.3 is 0 Å². The van der Waals surface area contributed by atoms with Crippen molar-refractivity contribution in [2.24, 2.45) is 0 Å². The molecule has 0 aromatic carbocycles. The molecule has 11 nitrogen and oxygen atoms in total. The van der Waals surface area contributed by atoms with Crippen molar-refractivity contribution in [2.75, 3.05) is 27.4 Å². The lowest BCUT2D eigenvalue weighted by Crippen LogP contribution is -2.64. The summed E-state index contributed by atoms with van der Waals surface area (Å²) in [6, 6.07) is 0. The van der Waals surface area contributed by atoms with Crippen LogP contribution in [0.3, 0.4) is 0 Å². The number of hydrogen-bond donors (Lipinski definition) is 6. The van der Waals surface area contributed by atoms with E-state index < -0.39 is 74.6 Å². The van der Waals surface area contributed by atoms with Crippen LogP contribution in [0, 0.1) is 0 Å². The standard InChI is InChI=1S/C14H26O11/c1-21-11-5(3-15)24-14(10(20)7(11)17)25-12-6(4-16)23-13(22-2)9(19)8(12)18/h5-20H,3-4H2,1-2H3. The van der Waals surface area contributed by atoms with E-state index in [1.165, 1.54) is 14.2 Å². The maximum atomic E-state index is 10.2. The molecule has 2 aliphatic heterocycles. The summed E-state index contributed by atoms with van der Waals surface area (Å²) in [5.41, 5.74) is 0. The van der Waals surface area contributed by atoms with Crippen LogP contribution in [-0.4, -0.2) is 119 Å². The minimum Gasteiger partial charge on any atom is -0.394 e. The molecule has 10 atom stereocenters. The molecular weight excluding hydrogens is 344 g/mol. The predicted molar refractivity (Wildman–Crippen MR) is 78.2 cm³/mol. The fraction of sp³-hybridized carbons (Fsp3) is 1.00. The maximum absolute atomic E-state index is 10.2. The van der Waals surface area contributed by atoms with E-state index in [9.17, 15) is 30.6 Å². The highest BCUT2D eigenvalue weighted by Crippen LogP contribution is 2.29. The lowest BCUT2D eigenvalue weighted by molar-refractivity contribution is -0.358. The number of ether oxygens (including phenoxy) is 5. The lowest BCUT2D eigenvalue weighted by Gasteiger charge is -2.46. The van der Waals surface area contributed by atoms with Crippen molar-refractivity contribution in [3.05, 3.63) is 0 Å². The number of rotatable bonds is 6. The van der Waals surface area contributed by atoms with Gasteiger partial charge in [0.05, 0.1) is 13.2 Å². The van der Waals surface area contributed by atoms with E-state index in [1.807, 2.05) is 0 Å². The monoisotopic (exact) mass is 370 g/mol. The topological polar surface area (TPSA) is 168 Å². The Balaban J connectivity index is 2.13. The van der Waals surface area contributed by atoms with Crippen molar-refractivity contribution < 1.29 is 54.3 Å². The van der Waals surface area contributed by atoms with Crippen molar-refractivity contribution >= 4 is 0 Å². The average Bonchev–Trinajstić information content (AvgIpc) is 2.62. The molecule has 25 heavy (non-hydrogen) atoms. The van der Waals surface area contributed by atoms with Gasteiger partial charge in [-0.05, 0) is 0 Å². The molecular formula is C14H26O11. The molecule has 10 unspecified atom stereocenters. The quantitative estimate of drug-likeness (QED) is 0.269. The Morgan fingerprint density at radius 3 is 1.68 bits per heavy atom. The summed E-state index contributed by atoms with van der Waals surface area (Å²) < 4.78 is 26.0. The van der Waals surface area contributed by atoms with Crippen LogP contribution in [0.2, 0.25) is 0 Å². The zero-order valence-corrected chi connectivity index (χ0v) is 13.9. The third-order valence-corrected chi connectivity index (χ3v) is 4.44. The van der Waals surface area contributed by atoms with E-state index in [-0.39, 0.29) is 0 Å². The van der Waals surface area contributed by atoms with Gasteiger partial charge in [-0.3, -0.25) is 0 Å². The molecule has 11 heteroatoms. The molecule has 0 radical (unpaired) electrons. The van der Waals surface area contributed by atoms with E-state index in [0.29, 0.717) is 0 Å². The predicted octanol–water partition coefficient (Wildman–Crippen LogP) is -4.09. The molecule has 0 saturated carbocycles. The third-order valence-electron chi connectivity index (χ3n) is 4.44. The van der Waals surface area contributed by atoms with Crippen LogP contribution in [0.1, 0.15) is 0 Å². The van der Waals surface area contributed by atoms with Gasteiger partial charge in [-0.2, -0.15) is 0 Å². The molecule has 6 N–H and O–H groups in total. The molecule has 0 spiro atoms. The fourth-order valence-corrected chi connectivity index (χ4v) is 3.03. The van der Waals surface area contributed by atoms with E-state index in [4.69, 9.17) is 23.7 Å². The van der Waals surface area contributed by atoms with Crippen LogP contribution < -0.4 is 0 Å². The summed E-state index contributed by atoms with van der Waals surface area (Å²) in [7, 11) is 2.55. The number of aliphatic hydroxyl groups excluding tert-OH is 6. The number of methoxy groups -OCH3 is 2. The van der Waals surface area contributed by atoms with Crippen LogP contribution in [-0.2, 0) is 23.7 Å². The maximum Gasteiger partial charge on any atom is 0.187 e. The van der Waals surface area contributed by atoms with Crippen LogP contribution >= 0.6 is 0 Å². The van der Waals surface area contributed by atoms with Gasteiger partial charge in [0.15, 0.2) is 12.6 Å². The molecule has 2 heterocycles. The molecule has 0 bridgehead atoms. The fourth-order valence-electron chi connectivity index (χ4n) is 3.03. The summed E-state index contributed by atoms with van der Waals surface area (Å²) in [6.45, 7) is -1.08. The lowest BCUT2D eigenvalue weighted by atomic mass is 9.97. The minimum atomic E-state index is -1.56. The first-order valence-electron chi connectivity index (χ1n) is 7.85. The van der Waals surface area contributed by atoms with Gasteiger partial charge in [0, 0.05) is 14.2 Å². The molecule has 0 aromatic rings. The normalized spacial score (nSPS) is 48.5. The second kappa shape index (κ2) is 8.97. The Morgan fingerprint density at radius 1 is 0.680 bits per heavy atom. The SMILES string of the molecule is COC1OC(CO)C(OC2OC(CO)C(OC)C(O)C2O)C(O)C1O. The molecule has 0 amide bonds. The number of hydrogen-bond acceptors (Lipinski definition) is 11. The smallest absolute Gasteiger partial charge is 0.187 e. The summed E-state index contributed by atoms with van der Waals surface area (Å²) in [5.74, 6) is 0. The van der Waals surface area contributed by atoms with Gasteiger partial charge < -0.3 is 54.3 Å². The second-order valence-electron chi connectivity index (χ2n) is 5.95. The third kappa shape index (κ3) is 4.12. The highest BCUT2D eigenvalue weighted by Gasteiger charge is 2.50. The van der Waals surface area contributed by atoms with Gasteiger partial charge in [0.2, 0.25) is 0 Å². The average molecular weight is 370 g/mol. The first kappa shape index (κ1) is 20.9. The van der Waals surface area contributed by atoms with E-state index in [0.717, 1.165) is 0 Å². The summed E-state index contributed by atoms with van der Waals surface area (Å²) in [6.07, 6.45) is -12.9. The van der Waals surface area contributed by atoms with Gasteiger partial charge in [-0.1, -0.05) is 0 Å². The zero-order valence-electron chi connectivity index (χ0n) is 13.9. The highest BCUT2D eigenvalue weighted by atomic mass is 16.7. The van der Waals surface area contributed by atoms with Crippen molar-refractivity contribution in [3.63, 3.8) is 0 Å². The summed E-state index contributed by atoms with van der Waals surface area (Å²) >= 11 is 0. The van der Waals surface area contributed by atoms with Crippen molar-refractivity contribution in [1.29, 1.82) is 0 Å². The first-order chi connectivity index (χ1) is 11.9. The van der Waals surface area contributed by atoms with E-state index in [2.05, 4.69) is 0 Å². The Kier molecular flexibility index (Phi) is 7.49. The van der Waals surface area contributed by atoms with Crippen LogP contribution in [0.4, 0.5) is 0 Å². The van der Waals surface area contributed by atoms with Crippen LogP contribution in [0.15, 0.2) is 0 Å². The molecule has 148 valence electrons. The highest BCUT2D eigenvalue weighted by molar-refractivity contribution is 4.94. The Morgan fingerprint density at radius 2 is 1.16 bits per heavy atom. The molecule has 0 aromatic heterocycles. The molecule has 2 saturated heterocycles. The molecule has 2 aliphatic rings. The first-order valence-corrected chi connectivity index (χ1v) is 7.85. The largest absolute Gasteiger partial charge is 0.394 e. The summed E-state index contributed by atoms with van der Waals surface area (Å²) in [4.78, 5) is 0. The van der Waals surface area contributed by atoms with Gasteiger partial charge in [-0.25, -0.2) is 0 Å². The van der Waals surface area contributed by atoms with Crippen molar-refractivity contribution in [3.8, 4) is 0 Å². The van der Waals surface area contributed by atoms with Crippen molar-refractivity contribution in [1.82, 2.24) is 0 Å². The van der Waals surface area contributed by atoms with Gasteiger partial charge in [-0.15, -0.1) is 0 Å². The number of aliphatic hydroxyl groups is 6. The van der Waals surface area contributed by atoms with E-state index in [1.54, 1.807) is 0 Å². The molecule has 0 aliphatic carbocycles. The van der Waals surface area contributed by atoms with Crippen molar-refractivity contribution in [2.45, 2.75) is 61.4 Å². The van der Waals surface area contributed by atoms with E-state index >= 15 is 0 Å². The molecule has 2 fully saturated rings. The zero-order chi connectivity index (χ0) is 18.7. The van der Waals surface area contributed by atoms with Gasteiger partial charge in [0.1, 0.15) is 48.8 Å². The Labute approximate surface area is 144 Å². The summed E-state index contributed by atoms with van der Waals surface area (Å²) in [5, 5.41) is 59.3. The second-order valence-corrected chi connectivity index (χ2v) is 5.95.